The van der Waals surface area contributed by atoms with Gasteiger partial charge in [-0.3, -0.25) is 10.1 Å². The molecule has 7 heteroatoms. The number of amides is 1. The molecule has 0 aliphatic carbocycles. The van der Waals surface area contributed by atoms with Gasteiger partial charge in [0.2, 0.25) is 0 Å². The number of carbonyl (C=O) groups is 1. The quantitative estimate of drug-likeness (QED) is 0.547. The molecule has 0 atom stereocenters. The van der Waals surface area contributed by atoms with E-state index in [4.69, 9.17) is 4.74 Å². The number of benzene rings is 2. The zero-order valence-corrected chi connectivity index (χ0v) is 13.4. The number of H-pyrrole nitrogens is 1. The van der Waals surface area contributed by atoms with E-state index in [0.717, 1.165) is 0 Å². The van der Waals surface area contributed by atoms with Crippen LogP contribution in [0, 0.1) is 0 Å². The summed E-state index contributed by atoms with van der Waals surface area (Å²) in [5.74, 6) is -0.0117. The molecule has 0 bridgehead atoms. The minimum Gasteiger partial charge on any atom is -0.508 e. The molecule has 25 heavy (non-hydrogen) atoms. The van der Waals surface area contributed by atoms with Crippen LogP contribution in [0.2, 0.25) is 0 Å². The van der Waals surface area contributed by atoms with E-state index in [2.05, 4.69) is 10.3 Å². The van der Waals surface area contributed by atoms with Gasteiger partial charge in [-0.25, -0.2) is 4.79 Å². The molecule has 1 heterocycles. The summed E-state index contributed by atoms with van der Waals surface area (Å²) in [7, 11) is 0. The summed E-state index contributed by atoms with van der Waals surface area (Å²) in [6.45, 7) is 1.90. The maximum absolute atomic E-state index is 12.3. The lowest BCUT2D eigenvalue weighted by molar-refractivity contribution is 0.168. The fraction of sp³-hybridized carbons (Fsp3) is 0.111. The van der Waals surface area contributed by atoms with Crippen LogP contribution in [0.25, 0.3) is 22.2 Å². The smallest absolute Gasteiger partial charge is 0.411 e. The van der Waals surface area contributed by atoms with Gasteiger partial charge < -0.3 is 19.9 Å². The Morgan fingerprint density at radius 2 is 1.84 bits per heavy atom. The fourth-order valence-corrected chi connectivity index (χ4v) is 2.53. The topological polar surface area (TPSA) is 112 Å². The fourth-order valence-electron chi connectivity index (χ4n) is 2.53. The molecule has 0 aliphatic heterocycles. The molecule has 0 saturated carbocycles. The van der Waals surface area contributed by atoms with E-state index in [1.165, 1.54) is 42.5 Å². The van der Waals surface area contributed by atoms with Crippen molar-refractivity contribution in [1.29, 1.82) is 0 Å². The first-order valence-corrected chi connectivity index (χ1v) is 7.61. The van der Waals surface area contributed by atoms with Gasteiger partial charge in [0.1, 0.15) is 11.5 Å². The molecule has 2 aromatic carbocycles. The van der Waals surface area contributed by atoms with Gasteiger partial charge in [-0.1, -0.05) is 0 Å². The number of phenols is 2. The zero-order valence-electron chi connectivity index (χ0n) is 13.4. The number of pyridine rings is 1. The van der Waals surface area contributed by atoms with Gasteiger partial charge in [0.05, 0.1) is 23.5 Å². The second kappa shape index (κ2) is 6.56. The average molecular weight is 340 g/mol. The lowest BCUT2D eigenvalue weighted by Gasteiger charge is -2.12. The summed E-state index contributed by atoms with van der Waals surface area (Å²) < 4.78 is 4.86. The van der Waals surface area contributed by atoms with E-state index in [9.17, 15) is 19.8 Å². The van der Waals surface area contributed by atoms with Crippen molar-refractivity contribution in [2.45, 2.75) is 6.92 Å². The highest BCUT2D eigenvalue weighted by atomic mass is 16.5. The first kappa shape index (κ1) is 16.4. The number of fused-ring (bicyclic) bond motifs is 1. The third kappa shape index (κ3) is 3.40. The molecule has 1 aromatic heterocycles. The van der Waals surface area contributed by atoms with Crippen LogP contribution < -0.4 is 10.7 Å². The number of aromatic hydroxyl groups is 2. The van der Waals surface area contributed by atoms with E-state index in [0.29, 0.717) is 27.8 Å². The van der Waals surface area contributed by atoms with Crippen molar-refractivity contribution in [2.75, 3.05) is 11.9 Å². The Labute approximate surface area is 142 Å². The number of aromatic amines is 1. The van der Waals surface area contributed by atoms with Gasteiger partial charge in [-0.15, -0.1) is 0 Å². The molecular weight excluding hydrogens is 324 g/mol. The standard InChI is InChI=1S/C18H16N2O5/c1-2-25-18(24)20-14-6-4-10(21)7-13(14)16-9-17(23)12-5-3-11(22)8-15(12)19-16/h3-9,21-22H,2H2,1H3,(H,19,23)(H,20,24). The summed E-state index contributed by atoms with van der Waals surface area (Å²) >= 11 is 0. The normalized spacial score (nSPS) is 10.6. The van der Waals surface area contributed by atoms with E-state index in [1.807, 2.05) is 0 Å². The molecule has 4 N–H and O–H groups in total. The van der Waals surface area contributed by atoms with Crippen LogP contribution in [0.3, 0.4) is 0 Å². The summed E-state index contributed by atoms with van der Waals surface area (Å²) in [4.78, 5) is 27.1. The van der Waals surface area contributed by atoms with E-state index < -0.39 is 6.09 Å². The van der Waals surface area contributed by atoms with Gasteiger partial charge in [0.25, 0.3) is 0 Å². The average Bonchev–Trinajstić information content (AvgIpc) is 2.56. The van der Waals surface area contributed by atoms with Crippen molar-refractivity contribution in [2.24, 2.45) is 0 Å². The van der Waals surface area contributed by atoms with Crippen molar-refractivity contribution in [1.82, 2.24) is 4.98 Å². The number of anilines is 1. The van der Waals surface area contributed by atoms with Gasteiger partial charge in [-0.2, -0.15) is 0 Å². The molecule has 0 saturated heterocycles. The third-order valence-corrected chi connectivity index (χ3v) is 3.62. The highest BCUT2D eigenvalue weighted by Gasteiger charge is 2.13. The minimum absolute atomic E-state index is 0.0149. The lowest BCUT2D eigenvalue weighted by Crippen LogP contribution is -2.14. The Morgan fingerprint density at radius 1 is 1.12 bits per heavy atom. The number of ether oxygens (including phenoxy) is 1. The number of hydrogen-bond acceptors (Lipinski definition) is 5. The monoisotopic (exact) mass is 340 g/mol. The lowest BCUT2D eigenvalue weighted by atomic mass is 10.1. The summed E-state index contributed by atoms with van der Waals surface area (Å²) in [6, 6.07) is 10.1. The predicted molar refractivity (Wildman–Crippen MR) is 94.0 cm³/mol. The molecule has 7 nitrogen and oxygen atoms in total. The largest absolute Gasteiger partial charge is 0.508 e. The SMILES string of the molecule is CCOC(=O)Nc1ccc(O)cc1-c1cc(=O)c2ccc(O)cc2[nH]1. The molecule has 128 valence electrons. The van der Waals surface area contributed by atoms with E-state index in [-0.39, 0.29) is 23.5 Å². The highest BCUT2D eigenvalue weighted by molar-refractivity contribution is 5.92. The predicted octanol–water partition coefficient (Wildman–Crippen LogP) is 3.17. The molecular formula is C18H16N2O5. The van der Waals surface area contributed by atoms with Crippen molar-refractivity contribution in [3.05, 3.63) is 52.7 Å². The Balaban J connectivity index is 2.15. The molecule has 0 radical (unpaired) electrons. The Bertz CT molecular complexity index is 1010. The third-order valence-electron chi connectivity index (χ3n) is 3.62. The van der Waals surface area contributed by atoms with Crippen LogP contribution in [0.4, 0.5) is 10.5 Å². The van der Waals surface area contributed by atoms with Gasteiger partial charge in [0, 0.05) is 23.1 Å². The van der Waals surface area contributed by atoms with Crippen LogP contribution in [0.1, 0.15) is 6.92 Å². The van der Waals surface area contributed by atoms with Gasteiger partial charge in [-0.05, 0) is 37.3 Å². The number of hydrogen-bond donors (Lipinski definition) is 4. The second-order valence-electron chi connectivity index (χ2n) is 5.35. The zero-order chi connectivity index (χ0) is 18.0. The Kier molecular flexibility index (Phi) is 4.30. The summed E-state index contributed by atoms with van der Waals surface area (Å²) in [5, 5.41) is 22.4. The highest BCUT2D eigenvalue weighted by Crippen LogP contribution is 2.31. The molecule has 0 aliphatic rings. The van der Waals surface area contributed by atoms with Crippen molar-refractivity contribution >= 4 is 22.7 Å². The molecule has 3 aromatic rings. The van der Waals surface area contributed by atoms with Crippen LogP contribution in [0.5, 0.6) is 11.5 Å². The molecule has 0 unspecified atom stereocenters. The molecule has 3 rings (SSSR count). The molecule has 0 spiro atoms. The van der Waals surface area contributed by atoms with E-state index in [1.54, 1.807) is 6.92 Å². The van der Waals surface area contributed by atoms with Gasteiger partial charge in [0.15, 0.2) is 5.43 Å². The van der Waals surface area contributed by atoms with Crippen molar-refractivity contribution in [3.63, 3.8) is 0 Å². The number of aromatic nitrogens is 1. The van der Waals surface area contributed by atoms with E-state index >= 15 is 0 Å². The maximum atomic E-state index is 12.3. The first-order chi connectivity index (χ1) is 12.0. The Hall–Kier alpha value is -3.48. The van der Waals surface area contributed by atoms with Crippen LogP contribution in [-0.4, -0.2) is 27.9 Å². The molecule has 0 fully saturated rings. The second-order valence-corrected chi connectivity index (χ2v) is 5.35. The van der Waals surface area contributed by atoms with Gasteiger partial charge >= 0.3 is 6.09 Å². The first-order valence-electron chi connectivity index (χ1n) is 7.61. The number of carbonyl (C=O) groups excluding carboxylic acids is 1. The maximum Gasteiger partial charge on any atom is 0.411 e. The number of phenolic OH excluding ortho intramolecular Hbond substituents is 2. The van der Waals surface area contributed by atoms with Crippen LogP contribution in [0.15, 0.2) is 47.3 Å². The number of nitrogens with one attached hydrogen (secondary N) is 2. The number of rotatable bonds is 3. The summed E-state index contributed by atoms with van der Waals surface area (Å²) in [6.07, 6.45) is -0.643. The van der Waals surface area contributed by atoms with Crippen molar-refractivity contribution in [3.8, 4) is 22.8 Å². The van der Waals surface area contributed by atoms with Crippen LogP contribution >= 0.6 is 0 Å². The minimum atomic E-state index is -0.643. The molecule has 1 amide bonds. The van der Waals surface area contributed by atoms with Crippen molar-refractivity contribution < 1.29 is 19.7 Å². The summed E-state index contributed by atoms with van der Waals surface area (Å²) in [5.41, 5.74) is 1.34. The Morgan fingerprint density at radius 3 is 2.60 bits per heavy atom. The van der Waals surface area contributed by atoms with Crippen LogP contribution in [-0.2, 0) is 4.74 Å².